The Kier molecular flexibility index (Phi) is 6.11. The molecule has 0 saturated heterocycles. The molecule has 7 heteroatoms. The second-order valence-corrected chi connectivity index (χ2v) is 6.35. The minimum absolute atomic E-state index is 0.205. The topological polar surface area (TPSA) is 65.4 Å². The largest absolute Gasteiger partial charge is 0.462 e. The SMILES string of the molecule is COCc1cccc(NC(=O)C(C)Oc2nn(-c3ccccc3)cc2Cl)c1. The van der Waals surface area contributed by atoms with Crippen molar-refractivity contribution in [3.8, 4) is 11.6 Å². The van der Waals surface area contributed by atoms with Crippen molar-refractivity contribution in [1.29, 1.82) is 0 Å². The minimum atomic E-state index is -0.771. The standard InChI is InChI=1S/C20H20ClN3O3/c1-14(19(25)22-16-8-6-7-15(11-16)13-26-2)27-20-18(21)12-24(23-20)17-9-4-3-5-10-17/h3-12,14H,13H2,1-2H3,(H,22,25). The van der Waals surface area contributed by atoms with Gasteiger partial charge in [0.15, 0.2) is 6.10 Å². The van der Waals surface area contributed by atoms with E-state index in [1.807, 2.05) is 48.5 Å². The highest BCUT2D eigenvalue weighted by molar-refractivity contribution is 6.31. The average molecular weight is 386 g/mol. The average Bonchev–Trinajstić information content (AvgIpc) is 3.03. The molecule has 3 aromatic rings. The number of rotatable bonds is 7. The van der Waals surface area contributed by atoms with Crippen LogP contribution in [0.4, 0.5) is 5.69 Å². The predicted octanol–water partition coefficient (Wildman–Crippen LogP) is 4.08. The fraction of sp³-hybridized carbons (Fsp3) is 0.200. The number of nitrogens with one attached hydrogen (secondary N) is 1. The van der Waals surface area contributed by atoms with Crippen molar-refractivity contribution in [2.45, 2.75) is 19.6 Å². The maximum atomic E-state index is 12.4. The van der Waals surface area contributed by atoms with Gasteiger partial charge in [-0.25, -0.2) is 4.68 Å². The summed E-state index contributed by atoms with van der Waals surface area (Å²) in [6, 6.07) is 17.0. The van der Waals surface area contributed by atoms with E-state index in [2.05, 4.69) is 10.4 Å². The van der Waals surface area contributed by atoms with E-state index in [1.54, 1.807) is 31.0 Å². The minimum Gasteiger partial charge on any atom is -0.462 e. The molecule has 2 aromatic carbocycles. The van der Waals surface area contributed by atoms with E-state index in [9.17, 15) is 4.79 Å². The van der Waals surface area contributed by atoms with Crippen LogP contribution >= 0.6 is 11.6 Å². The number of halogens is 1. The maximum Gasteiger partial charge on any atom is 0.265 e. The van der Waals surface area contributed by atoms with E-state index in [4.69, 9.17) is 21.1 Å². The molecule has 0 aliphatic heterocycles. The Morgan fingerprint density at radius 3 is 2.74 bits per heavy atom. The molecule has 6 nitrogen and oxygen atoms in total. The zero-order valence-corrected chi connectivity index (χ0v) is 15.8. The summed E-state index contributed by atoms with van der Waals surface area (Å²) >= 11 is 6.21. The summed E-state index contributed by atoms with van der Waals surface area (Å²) < 4.78 is 12.4. The van der Waals surface area contributed by atoms with Crippen molar-refractivity contribution < 1.29 is 14.3 Å². The van der Waals surface area contributed by atoms with Crippen molar-refractivity contribution in [2.24, 2.45) is 0 Å². The summed E-state index contributed by atoms with van der Waals surface area (Å²) in [6.07, 6.45) is 0.873. The third-order valence-electron chi connectivity index (χ3n) is 3.82. The van der Waals surface area contributed by atoms with Gasteiger partial charge in [-0.1, -0.05) is 41.9 Å². The Hall–Kier alpha value is -2.83. The maximum absolute atomic E-state index is 12.4. The van der Waals surface area contributed by atoms with Gasteiger partial charge in [-0.2, -0.15) is 0 Å². The number of hydrogen-bond acceptors (Lipinski definition) is 4. The molecule has 0 bridgehead atoms. The number of amides is 1. The number of anilines is 1. The van der Waals surface area contributed by atoms with Gasteiger partial charge in [0.1, 0.15) is 5.02 Å². The van der Waals surface area contributed by atoms with Crippen LogP contribution in [0.3, 0.4) is 0 Å². The molecule has 1 unspecified atom stereocenters. The monoisotopic (exact) mass is 385 g/mol. The van der Waals surface area contributed by atoms with Gasteiger partial charge >= 0.3 is 0 Å². The highest BCUT2D eigenvalue weighted by Crippen LogP contribution is 2.25. The van der Waals surface area contributed by atoms with Gasteiger partial charge in [0.2, 0.25) is 0 Å². The summed E-state index contributed by atoms with van der Waals surface area (Å²) in [4.78, 5) is 12.4. The predicted molar refractivity (Wildman–Crippen MR) is 104 cm³/mol. The van der Waals surface area contributed by atoms with Crippen molar-refractivity contribution in [1.82, 2.24) is 9.78 Å². The van der Waals surface area contributed by atoms with Crippen LogP contribution in [0.15, 0.2) is 60.8 Å². The van der Waals surface area contributed by atoms with Gasteiger partial charge in [0, 0.05) is 12.8 Å². The smallest absolute Gasteiger partial charge is 0.265 e. The Labute approximate surface area is 162 Å². The van der Waals surface area contributed by atoms with Gasteiger partial charge in [0.25, 0.3) is 11.8 Å². The lowest BCUT2D eigenvalue weighted by Crippen LogP contribution is -2.30. The van der Waals surface area contributed by atoms with E-state index in [1.165, 1.54) is 0 Å². The summed E-state index contributed by atoms with van der Waals surface area (Å²) in [7, 11) is 1.62. The number of ether oxygens (including phenoxy) is 2. The third-order valence-corrected chi connectivity index (χ3v) is 4.08. The first-order chi connectivity index (χ1) is 13.1. The lowest BCUT2D eigenvalue weighted by Gasteiger charge is -2.14. The number of benzene rings is 2. The highest BCUT2D eigenvalue weighted by Gasteiger charge is 2.19. The molecule has 27 heavy (non-hydrogen) atoms. The van der Waals surface area contributed by atoms with Crippen molar-refractivity contribution in [3.63, 3.8) is 0 Å². The first kappa shape index (κ1) is 18.9. The molecule has 1 atom stereocenters. The zero-order chi connectivity index (χ0) is 19.2. The number of nitrogens with zero attached hydrogens (tertiary/aromatic N) is 2. The Morgan fingerprint density at radius 1 is 1.22 bits per heavy atom. The first-order valence-electron chi connectivity index (χ1n) is 8.43. The lowest BCUT2D eigenvalue weighted by molar-refractivity contribution is -0.122. The fourth-order valence-corrected chi connectivity index (χ4v) is 2.68. The van der Waals surface area contributed by atoms with E-state index >= 15 is 0 Å². The molecule has 1 amide bonds. The molecule has 140 valence electrons. The summed E-state index contributed by atoms with van der Waals surface area (Å²) in [5.74, 6) is -0.0915. The highest BCUT2D eigenvalue weighted by atomic mass is 35.5. The first-order valence-corrected chi connectivity index (χ1v) is 8.80. The number of hydrogen-bond donors (Lipinski definition) is 1. The number of carbonyl (C=O) groups excluding carboxylic acids is 1. The fourth-order valence-electron chi connectivity index (χ4n) is 2.50. The van der Waals surface area contributed by atoms with Gasteiger partial charge in [-0.15, -0.1) is 5.10 Å². The molecule has 1 aromatic heterocycles. The van der Waals surface area contributed by atoms with Crippen molar-refractivity contribution >= 4 is 23.2 Å². The van der Waals surface area contributed by atoms with Gasteiger partial charge in [-0.3, -0.25) is 4.79 Å². The van der Waals surface area contributed by atoms with Crippen LogP contribution in [-0.2, 0) is 16.1 Å². The summed E-state index contributed by atoms with van der Waals surface area (Å²) in [5, 5.41) is 7.47. The second-order valence-electron chi connectivity index (χ2n) is 5.95. The van der Waals surface area contributed by atoms with Gasteiger partial charge < -0.3 is 14.8 Å². The van der Waals surface area contributed by atoms with Crippen LogP contribution < -0.4 is 10.1 Å². The van der Waals surface area contributed by atoms with Crippen LogP contribution in [0.25, 0.3) is 5.69 Å². The van der Waals surface area contributed by atoms with Crippen molar-refractivity contribution in [2.75, 3.05) is 12.4 Å². The van der Waals surface area contributed by atoms with Crippen LogP contribution in [0.1, 0.15) is 12.5 Å². The molecule has 0 saturated carbocycles. The third kappa shape index (κ3) is 4.87. The number of para-hydroxylation sites is 1. The van der Waals surface area contributed by atoms with E-state index in [0.29, 0.717) is 17.3 Å². The number of methoxy groups -OCH3 is 1. The van der Waals surface area contributed by atoms with E-state index in [-0.39, 0.29) is 11.8 Å². The summed E-state index contributed by atoms with van der Waals surface area (Å²) in [6.45, 7) is 2.12. The molecule has 0 aliphatic carbocycles. The number of aromatic nitrogens is 2. The van der Waals surface area contributed by atoms with Crippen molar-refractivity contribution in [3.05, 3.63) is 71.4 Å². The molecule has 0 fully saturated rings. The normalized spacial score (nSPS) is 11.8. The molecular formula is C20H20ClN3O3. The number of carbonyl (C=O) groups is 1. The Morgan fingerprint density at radius 2 is 2.00 bits per heavy atom. The second kappa shape index (κ2) is 8.70. The lowest BCUT2D eigenvalue weighted by atomic mass is 10.2. The molecule has 0 radical (unpaired) electrons. The van der Waals surface area contributed by atoms with E-state index in [0.717, 1.165) is 11.3 Å². The van der Waals surface area contributed by atoms with Gasteiger partial charge in [0.05, 0.1) is 18.5 Å². The van der Waals surface area contributed by atoms with Crippen LogP contribution in [0.2, 0.25) is 5.02 Å². The summed E-state index contributed by atoms with van der Waals surface area (Å²) in [5.41, 5.74) is 2.49. The van der Waals surface area contributed by atoms with Crippen LogP contribution in [-0.4, -0.2) is 28.9 Å². The Balaban J connectivity index is 1.66. The molecule has 3 rings (SSSR count). The van der Waals surface area contributed by atoms with Crippen LogP contribution in [0, 0.1) is 0 Å². The van der Waals surface area contributed by atoms with E-state index < -0.39 is 6.10 Å². The van der Waals surface area contributed by atoms with Crippen LogP contribution in [0.5, 0.6) is 5.88 Å². The molecular weight excluding hydrogens is 366 g/mol. The Bertz CT molecular complexity index is 912. The quantitative estimate of drug-likeness (QED) is 0.665. The molecule has 0 aliphatic rings. The van der Waals surface area contributed by atoms with Gasteiger partial charge in [-0.05, 0) is 36.8 Å². The molecule has 0 spiro atoms. The molecule has 1 heterocycles. The zero-order valence-electron chi connectivity index (χ0n) is 15.1. The molecule has 1 N–H and O–H groups in total.